The van der Waals surface area contributed by atoms with Crippen molar-refractivity contribution in [2.24, 2.45) is 0 Å². The lowest BCUT2D eigenvalue weighted by atomic mass is 10.2. The zero-order chi connectivity index (χ0) is 25.4. The molecule has 1 saturated heterocycles. The fraction of sp³-hybridized carbons (Fsp3) is 0.600. The van der Waals surface area contributed by atoms with Crippen LogP contribution in [0.2, 0.25) is 0 Å². The fourth-order valence-corrected chi connectivity index (χ4v) is 6.91. The number of nitrogens with zero attached hydrogens (tertiary/aromatic N) is 1. The first-order chi connectivity index (χ1) is 14.8. The highest BCUT2D eigenvalue weighted by Crippen LogP contribution is 2.70. The van der Waals surface area contributed by atoms with E-state index >= 15 is 0 Å². The molecule has 0 aliphatic carbocycles. The summed E-state index contributed by atoms with van der Waals surface area (Å²) >= 11 is 0. The summed E-state index contributed by atoms with van der Waals surface area (Å²) < 4.78 is 66.3. The molecule has 23 heteroatoms. The van der Waals surface area contributed by atoms with E-state index in [1.54, 1.807) is 0 Å². The first kappa shape index (κ1) is 28.4. The Morgan fingerprint density at radius 3 is 2.15 bits per heavy atom. The lowest BCUT2D eigenvalue weighted by molar-refractivity contribution is -0.0450. The number of ether oxygens (including phenoxy) is 1. The summed E-state index contributed by atoms with van der Waals surface area (Å²) in [6.07, 6.45) is -2.99. The van der Waals surface area contributed by atoms with Gasteiger partial charge in [0.15, 0.2) is 0 Å². The molecule has 7 N–H and O–H groups in total. The van der Waals surface area contributed by atoms with Gasteiger partial charge in [0.2, 0.25) is 0 Å². The Hall–Kier alpha value is -0.840. The van der Waals surface area contributed by atoms with Gasteiger partial charge in [-0.2, -0.15) is 12.9 Å². The monoisotopic (exact) mass is 562 g/mol. The third-order valence-electron chi connectivity index (χ3n) is 3.68. The quantitative estimate of drug-likeness (QED) is 0.167. The second kappa shape index (κ2) is 10.0. The lowest BCUT2D eigenvalue weighted by Gasteiger charge is -2.20. The van der Waals surface area contributed by atoms with Gasteiger partial charge in [-0.1, -0.05) is 0 Å². The highest BCUT2D eigenvalue weighted by Gasteiger charge is 2.46. The molecular formula is C10H18N2O17P4. The van der Waals surface area contributed by atoms with Gasteiger partial charge in [-0.3, -0.25) is 18.9 Å². The van der Waals surface area contributed by atoms with E-state index in [0.717, 1.165) is 10.8 Å². The number of hydrogen-bond acceptors (Lipinski definition) is 12. The zero-order valence-corrected chi connectivity index (χ0v) is 19.7. The van der Waals surface area contributed by atoms with Crippen LogP contribution in [0.15, 0.2) is 15.8 Å². The lowest BCUT2D eigenvalue weighted by Crippen LogP contribution is -2.33. The second-order valence-corrected chi connectivity index (χ2v) is 12.4. The molecule has 190 valence electrons. The number of rotatable bonds is 10. The summed E-state index contributed by atoms with van der Waals surface area (Å²) in [7, 11) is -23.2. The number of aromatic nitrogens is 2. The number of nitrogens with one attached hydrogen (secondary N) is 1. The number of phosphoric ester groups is 1. The van der Waals surface area contributed by atoms with E-state index in [4.69, 9.17) is 19.4 Å². The van der Waals surface area contributed by atoms with Crippen LogP contribution in [0.25, 0.3) is 0 Å². The number of H-pyrrole nitrogens is 1. The van der Waals surface area contributed by atoms with Crippen molar-refractivity contribution < 1.29 is 70.0 Å². The number of aryl methyl sites for hydroxylation is 1. The SMILES string of the molecule is Cc1cn([C@H]2CC(O)[C@@H](COP(=O)(O)OP(=O)(O)OP(=O)(O)OP(=O)(O)O)O2)c(=O)[nH]c1=O. The van der Waals surface area contributed by atoms with Gasteiger partial charge in [0.25, 0.3) is 5.56 Å². The van der Waals surface area contributed by atoms with Crippen molar-refractivity contribution in [3.8, 4) is 0 Å². The summed E-state index contributed by atoms with van der Waals surface area (Å²) in [6.45, 7) is 0.420. The Morgan fingerprint density at radius 2 is 1.58 bits per heavy atom. The van der Waals surface area contributed by atoms with Crippen molar-refractivity contribution in [2.75, 3.05) is 6.61 Å². The van der Waals surface area contributed by atoms with Crippen LogP contribution in [0.1, 0.15) is 18.2 Å². The molecule has 0 amide bonds. The Morgan fingerprint density at radius 1 is 1.03 bits per heavy atom. The van der Waals surface area contributed by atoms with E-state index in [2.05, 4.69) is 17.5 Å². The summed E-state index contributed by atoms with van der Waals surface area (Å²) in [5.41, 5.74) is -1.38. The van der Waals surface area contributed by atoms with E-state index in [-0.39, 0.29) is 12.0 Å². The van der Waals surface area contributed by atoms with Crippen LogP contribution < -0.4 is 11.2 Å². The topological polar surface area (TPSA) is 291 Å². The maximum Gasteiger partial charge on any atom is 0.490 e. The molecule has 0 radical (unpaired) electrons. The largest absolute Gasteiger partial charge is 0.490 e. The third kappa shape index (κ3) is 8.71. The zero-order valence-electron chi connectivity index (χ0n) is 16.1. The minimum atomic E-state index is -5.98. The molecule has 1 aromatic heterocycles. The van der Waals surface area contributed by atoms with E-state index in [9.17, 15) is 42.7 Å². The smallest absolute Gasteiger partial charge is 0.390 e. The normalized spacial score (nSPS) is 26.9. The molecule has 0 saturated carbocycles. The predicted octanol–water partition coefficient (Wildman–Crippen LogP) is -1.05. The predicted molar refractivity (Wildman–Crippen MR) is 101 cm³/mol. The van der Waals surface area contributed by atoms with Crippen molar-refractivity contribution >= 4 is 31.3 Å². The van der Waals surface area contributed by atoms with Crippen LogP contribution in [0.4, 0.5) is 0 Å². The number of aliphatic hydroxyl groups is 1. The number of aromatic amines is 1. The summed E-state index contributed by atoms with van der Waals surface area (Å²) in [6, 6.07) is 0. The maximum absolute atomic E-state index is 11.9. The van der Waals surface area contributed by atoms with E-state index in [1.807, 2.05) is 4.98 Å². The Balaban J connectivity index is 2.01. The molecule has 1 aromatic rings. The standard InChI is InChI=1S/C10H18N2O17P4/c1-5-3-12(10(15)11-9(5)14)8-2-6(13)7(26-8)4-25-31(19,20)28-33(23,24)29-32(21,22)27-30(16,17)18/h3,6-8,13H,2,4H2,1H3,(H,19,20)(H,21,22)(H,23,24)(H,11,14,15)(H2,16,17,18)/t6?,7-,8-/m1/s1. The fourth-order valence-electron chi connectivity index (χ4n) is 2.45. The van der Waals surface area contributed by atoms with Crippen LogP contribution in [0.3, 0.4) is 0 Å². The Kier molecular flexibility index (Phi) is 8.63. The molecule has 1 aliphatic heterocycles. The molecular weight excluding hydrogens is 544 g/mol. The van der Waals surface area contributed by atoms with Crippen molar-refractivity contribution in [3.63, 3.8) is 0 Å². The van der Waals surface area contributed by atoms with E-state index in [0.29, 0.717) is 0 Å². The van der Waals surface area contributed by atoms with Crippen LogP contribution in [0, 0.1) is 6.92 Å². The van der Waals surface area contributed by atoms with E-state index in [1.165, 1.54) is 6.92 Å². The summed E-state index contributed by atoms with van der Waals surface area (Å²) in [4.78, 5) is 70.0. The van der Waals surface area contributed by atoms with Gasteiger partial charge in [-0.15, -0.1) is 0 Å². The molecule has 0 spiro atoms. The number of phosphoric acid groups is 4. The number of aliphatic hydroxyl groups excluding tert-OH is 1. The van der Waals surface area contributed by atoms with Gasteiger partial charge in [-0.05, 0) is 6.92 Å². The summed E-state index contributed by atoms with van der Waals surface area (Å²) in [5, 5.41) is 10.0. The number of hydrogen-bond donors (Lipinski definition) is 7. The van der Waals surface area contributed by atoms with Gasteiger partial charge in [0, 0.05) is 18.2 Å². The molecule has 4 unspecified atom stereocenters. The third-order valence-corrected chi connectivity index (χ3v) is 9.14. The second-order valence-electron chi connectivity index (χ2n) is 6.35. The van der Waals surface area contributed by atoms with Gasteiger partial charge in [0.1, 0.15) is 12.3 Å². The van der Waals surface area contributed by atoms with Gasteiger partial charge >= 0.3 is 37.0 Å². The molecule has 2 heterocycles. The Bertz CT molecular complexity index is 1180. The summed E-state index contributed by atoms with van der Waals surface area (Å²) in [5.74, 6) is 0. The van der Waals surface area contributed by atoms with E-state index < -0.39 is 67.6 Å². The molecule has 0 bridgehead atoms. The van der Waals surface area contributed by atoms with Gasteiger partial charge in [0.05, 0.1) is 12.7 Å². The maximum atomic E-state index is 11.9. The van der Waals surface area contributed by atoms with Crippen molar-refractivity contribution in [3.05, 3.63) is 32.6 Å². The molecule has 1 aliphatic rings. The molecule has 6 atom stereocenters. The van der Waals surface area contributed by atoms with Crippen LogP contribution in [0.5, 0.6) is 0 Å². The highest BCUT2D eigenvalue weighted by molar-refractivity contribution is 7.69. The van der Waals surface area contributed by atoms with Gasteiger partial charge in [-0.25, -0.2) is 23.1 Å². The van der Waals surface area contributed by atoms with Crippen LogP contribution in [-0.4, -0.2) is 57.9 Å². The highest BCUT2D eigenvalue weighted by atomic mass is 31.3. The average molecular weight is 562 g/mol. The average Bonchev–Trinajstić information content (AvgIpc) is 2.92. The van der Waals surface area contributed by atoms with Crippen molar-refractivity contribution in [1.82, 2.24) is 9.55 Å². The first-order valence-corrected chi connectivity index (χ1v) is 14.3. The van der Waals surface area contributed by atoms with Crippen LogP contribution in [-0.2, 0) is 40.5 Å². The minimum absolute atomic E-state index is 0.142. The van der Waals surface area contributed by atoms with Crippen molar-refractivity contribution in [1.29, 1.82) is 0 Å². The molecule has 19 nitrogen and oxygen atoms in total. The molecule has 0 aromatic carbocycles. The first-order valence-electron chi connectivity index (χ1n) is 8.27. The molecule has 2 rings (SSSR count). The molecule has 33 heavy (non-hydrogen) atoms. The van der Waals surface area contributed by atoms with Gasteiger partial charge < -0.3 is 34.3 Å². The van der Waals surface area contributed by atoms with Crippen LogP contribution >= 0.6 is 31.3 Å². The Labute approximate surface area is 182 Å². The van der Waals surface area contributed by atoms with Crippen molar-refractivity contribution in [2.45, 2.75) is 31.8 Å². The molecule has 1 fully saturated rings. The minimum Gasteiger partial charge on any atom is -0.390 e.